The first-order valence-corrected chi connectivity index (χ1v) is 7.11. The van der Waals surface area contributed by atoms with E-state index in [0.717, 1.165) is 18.9 Å². The molecule has 3 nitrogen and oxygen atoms in total. The molecule has 3 heteroatoms. The third-order valence-corrected chi connectivity index (χ3v) is 4.46. The zero-order valence-corrected chi connectivity index (χ0v) is 11.8. The summed E-state index contributed by atoms with van der Waals surface area (Å²) in [6, 6.07) is 0.714. The lowest BCUT2D eigenvalue weighted by Gasteiger charge is -2.35. The summed E-state index contributed by atoms with van der Waals surface area (Å²) in [4.78, 5) is 2.41. The summed E-state index contributed by atoms with van der Waals surface area (Å²) in [5, 5.41) is 9.90. The maximum Gasteiger partial charge on any atom is 0.0753 e. The largest absolute Gasteiger partial charge is 0.389 e. The summed E-state index contributed by atoms with van der Waals surface area (Å²) in [6.07, 6.45) is 7.49. The highest BCUT2D eigenvalue weighted by atomic mass is 16.3. The summed E-state index contributed by atoms with van der Waals surface area (Å²) in [6.45, 7) is 5.43. The molecule has 0 bridgehead atoms. The van der Waals surface area contributed by atoms with Crippen molar-refractivity contribution in [3.8, 4) is 0 Å². The summed E-state index contributed by atoms with van der Waals surface area (Å²) in [5.41, 5.74) is 4.84. The molecule has 0 heterocycles. The quantitative estimate of drug-likeness (QED) is 0.749. The lowest BCUT2D eigenvalue weighted by Crippen LogP contribution is -2.41. The van der Waals surface area contributed by atoms with Gasteiger partial charge in [-0.15, -0.1) is 0 Å². The number of aliphatic hydroxyl groups is 1. The van der Waals surface area contributed by atoms with Crippen LogP contribution in [-0.4, -0.2) is 41.8 Å². The van der Waals surface area contributed by atoms with Crippen LogP contribution in [0.5, 0.6) is 0 Å². The highest BCUT2D eigenvalue weighted by Crippen LogP contribution is 2.29. The summed E-state index contributed by atoms with van der Waals surface area (Å²) >= 11 is 0. The first-order valence-electron chi connectivity index (χ1n) is 7.11. The Hall–Kier alpha value is -0.120. The van der Waals surface area contributed by atoms with Crippen molar-refractivity contribution in [1.29, 1.82) is 0 Å². The molecule has 3 N–H and O–H groups in total. The van der Waals surface area contributed by atoms with E-state index in [1.807, 2.05) is 6.92 Å². The van der Waals surface area contributed by atoms with Gasteiger partial charge in [-0.3, -0.25) is 0 Å². The van der Waals surface area contributed by atoms with Crippen molar-refractivity contribution in [2.24, 2.45) is 11.7 Å². The summed E-state index contributed by atoms with van der Waals surface area (Å²) < 4.78 is 0. The first-order chi connectivity index (χ1) is 7.98. The Bertz CT molecular complexity index is 210. The van der Waals surface area contributed by atoms with E-state index in [4.69, 9.17) is 5.73 Å². The Morgan fingerprint density at radius 1 is 1.29 bits per heavy atom. The molecule has 0 aromatic carbocycles. The highest BCUT2D eigenvalue weighted by molar-refractivity contribution is 4.80. The van der Waals surface area contributed by atoms with E-state index >= 15 is 0 Å². The number of nitrogens with two attached hydrogens (primary N) is 1. The molecule has 1 atom stereocenters. The smallest absolute Gasteiger partial charge is 0.0753 e. The van der Waals surface area contributed by atoms with E-state index in [1.165, 1.54) is 32.1 Å². The molecule has 1 saturated carbocycles. The predicted molar refractivity (Wildman–Crippen MR) is 73.0 cm³/mol. The van der Waals surface area contributed by atoms with Crippen molar-refractivity contribution in [3.05, 3.63) is 0 Å². The Kier molecular flexibility index (Phi) is 5.90. The minimum absolute atomic E-state index is 0.351. The van der Waals surface area contributed by atoms with Crippen molar-refractivity contribution < 1.29 is 5.11 Å². The van der Waals surface area contributed by atoms with Crippen LogP contribution in [0.25, 0.3) is 0 Å². The van der Waals surface area contributed by atoms with Gasteiger partial charge in [0.1, 0.15) is 0 Å². The van der Waals surface area contributed by atoms with E-state index in [-0.39, 0.29) is 0 Å². The van der Waals surface area contributed by atoms with Gasteiger partial charge in [0.05, 0.1) is 5.60 Å². The fourth-order valence-electron chi connectivity index (χ4n) is 2.70. The molecule has 17 heavy (non-hydrogen) atoms. The molecule has 1 fully saturated rings. The summed E-state index contributed by atoms with van der Waals surface area (Å²) in [5.74, 6) is 0.951. The average molecular weight is 242 g/mol. The van der Waals surface area contributed by atoms with Gasteiger partial charge in [0.2, 0.25) is 0 Å². The molecule has 1 aliphatic rings. The molecular formula is C14H30N2O. The molecule has 1 aliphatic carbocycles. The molecule has 0 spiro atoms. The second-order valence-electron chi connectivity index (χ2n) is 6.01. The minimum atomic E-state index is -0.700. The van der Waals surface area contributed by atoms with Gasteiger partial charge in [0.25, 0.3) is 0 Å². The Morgan fingerprint density at radius 2 is 1.88 bits per heavy atom. The van der Waals surface area contributed by atoms with Crippen LogP contribution in [0.1, 0.15) is 52.4 Å². The molecule has 1 unspecified atom stereocenters. The molecule has 0 aromatic rings. The van der Waals surface area contributed by atoms with Crippen LogP contribution in [0.4, 0.5) is 0 Å². The molecule has 102 valence electrons. The molecule has 1 rings (SSSR count). The molecule has 0 radical (unpaired) electrons. The second-order valence-corrected chi connectivity index (χ2v) is 6.01. The molecule has 0 aliphatic heterocycles. The first kappa shape index (κ1) is 14.9. The van der Waals surface area contributed by atoms with Crippen molar-refractivity contribution in [2.45, 2.75) is 64.0 Å². The minimum Gasteiger partial charge on any atom is -0.389 e. The Balaban J connectivity index is 2.27. The standard InChI is InChI=1S/C14H30N2O/c1-4-12-5-7-13(8-6-12)16(3)10-9-14(2,17)11-15/h12-13,17H,4-11,15H2,1-3H3. The molecule has 0 aromatic heterocycles. The fraction of sp³-hybridized carbons (Fsp3) is 1.00. The molecule has 0 amide bonds. The summed E-state index contributed by atoms with van der Waals surface area (Å²) in [7, 11) is 2.18. The highest BCUT2D eigenvalue weighted by Gasteiger charge is 2.25. The van der Waals surface area contributed by atoms with E-state index in [2.05, 4.69) is 18.9 Å². The number of nitrogens with zero attached hydrogens (tertiary/aromatic N) is 1. The van der Waals surface area contributed by atoms with Gasteiger partial charge in [0.15, 0.2) is 0 Å². The number of hydrogen-bond donors (Lipinski definition) is 2. The lowest BCUT2D eigenvalue weighted by molar-refractivity contribution is 0.0417. The van der Waals surface area contributed by atoms with Crippen molar-refractivity contribution in [1.82, 2.24) is 4.90 Å². The van der Waals surface area contributed by atoms with Gasteiger partial charge < -0.3 is 15.7 Å². The maximum atomic E-state index is 9.90. The van der Waals surface area contributed by atoms with E-state index in [9.17, 15) is 5.11 Å². The topological polar surface area (TPSA) is 49.5 Å². The van der Waals surface area contributed by atoms with Gasteiger partial charge in [-0.2, -0.15) is 0 Å². The van der Waals surface area contributed by atoms with Gasteiger partial charge >= 0.3 is 0 Å². The van der Waals surface area contributed by atoms with Crippen LogP contribution in [0.15, 0.2) is 0 Å². The van der Waals surface area contributed by atoms with Gasteiger partial charge in [-0.25, -0.2) is 0 Å². The maximum absolute atomic E-state index is 9.90. The molecule has 0 saturated heterocycles. The average Bonchev–Trinajstić information content (AvgIpc) is 2.36. The van der Waals surface area contributed by atoms with E-state index in [1.54, 1.807) is 0 Å². The Morgan fingerprint density at radius 3 is 2.35 bits per heavy atom. The van der Waals surface area contributed by atoms with Crippen LogP contribution in [0.3, 0.4) is 0 Å². The lowest BCUT2D eigenvalue weighted by atomic mass is 9.84. The number of hydrogen-bond acceptors (Lipinski definition) is 3. The van der Waals surface area contributed by atoms with Crippen LogP contribution >= 0.6 is 0 Å². The zero-order chi connectivity index (χ0) is 12.9. The van der Waals surface area contributed by atoms with Crippen molar-refractivity contribution in [3.63, 3.8) is 0 Å². The fourth-order valence-corrected chi connectivity index (χ4v) is 2.70. The van der Waals surface area contributed by atoms with Crippen LogP contribution in [0.2, 0.25) is 0 Å². The predicted octanol–water partition coefficient (Wildman–Crippen LogP) is 1.99. The van der Waals surface area contributed by atoms with Crippen molar-refractivity contribution >= 4 is 0 Å². The van der Waals surface area contributed by atoms with E-state index in [0.29, 0.717) is 12.6 Å². The molecular weight excluding hydrogens is 212 g/mol. The third kappa shape index (κ3) is 4.94. The van der Waals surface area contributed by atoms with Gasteiger partial charge in [0, 0.05) is 19.1 Å². The SMILES string of the molecule is CCC1CCC(N(C)CCC(C)(O)CN)CC1. The van der Waals surface area contributed by atoms with Crippen LogP contribution in [-0.2, 0) is 0 Å². The monoisotopic (exact) mass is 242 g/mol. The third-order valence-electron chi connectivity index (χ3n) is 4.46. The number of rotatable bonds is 6. The van der Waals surface area contributed by atoms with Crippen LogP contribution in [0, 0.1) is 5.92 Å². The van der Waals surface area contributed by atoms with Gasteiger partial charge in [-0.1, -0.05) is 13.3 Å². The van der Waals surface area contributed by atoms with Crippen molar-refractivity contribution in [2.75, 3.05) is 20.1 Å². The van der Waals surface area contributed by atoms with E-state index < -0.39 is 5.60 Å². The normalized spacial score (nSPS) is 29.3. The van der Waals surface area contributed by atoms with Crippen LogP contribution < -0.4 is 5.73 Å². The second kappa shape index (κ2) is 6.72. The van der Waals surface area contributed by atoms with Gasteiger partial charge in [-0.05, 0) is 52.0 Å². The Labute approximate surface area is 106 Å². The zero-order valence-electron chi connectivity index (χ0n) is 11.8.